The molecule has 1 aromatic rings. The highest BCUT2D eigenvalue weighted by Crippen LogP contribution is 2.35. The average Bonchev–Trinajstić information content (AvgIpc) is 2.81. The van der Waals surface area contributed by atoms with Gasteiger partial charge in [-0.3, -0.25) is 9.59 Å². The van der Waals surface area contributed by atoms with Crippen LogP contribution in [0.1, 0.15) is 17.5 Å². The Hall–Kier alpha value is -2.14. The molecule has 1 aliphatic rings. The van der Waals surface area contributed by atoms with Gasteiger partial charge < -0.3 is 15.5 Å². The van der Waals surface area contributed by atoms with Crippen molar-refractivity contribution < 1.29 is 19.8 Å². The number of rotatable bonds is 5. The Kier molecular flexibility index (Phi) is 4.43. The van der Waals surface area contributed by atoms with Gasteiger partial charge >= 0.3 is 11.9 Å². The first-order chi connectivity index (χ1) is 9.90. The Balaban J connectivity index is 2.24. The summed E-state index contributed by atoms with van der Waals surface area (Å²) in [5.41, 5.74) is 2.84. The van der Waals surface area contributed by atoms with Crippen molar-refractivity contribution in [2.45, 2.75) is 19.4 Å². The van der Waals surface area contributed by atoms with Crippen LogP contribution < -0.4 is 5.32 Å². The van der Waals surface area contributed by atoms with Gasteiger partial charge in [0, 0.05) is 18.4 Å². The molecule has 0 amide bonds. The third kappa shape index (κ3) is 3.31. The lowest BCUT2D eigenvalue weighted by Crippen LogP contribution is -2.36. The highest BCUT2D eigenvalue weighted by molar-refractivity contribution is 5.78. The van der Waals surface area contributed by atoms with E-state index in [1.54, 1.807) is 0 Å². The lowest BCUT2D eigenvalue weighted by atomic mass is 9.81. The fourth-order valence-electron chi connectivity index (χ4n) is 2.88. The molecule has 21 heavy (non-hydrogen) atoms. The summed E-state index contributed by atoms with van der Waals surface area (Å²) >= 11 is 0. The van der Waals surface area contributed by atoms with E-state index in [2.05, 4.69) is 11.9 Å². The number of carboxylic acid groups (broad SMARTS) is 2. The molecule has 0 bridgehead atoms. The first-order valence-corrected chi connectivity index (χ1v) is 6.84. The fourth-order valence-corrected chi connectivity index (χ4v) is 2.88. The summed E-state index contributed by atoms with van der Waals surface area (Å²) in [6.07, 6.45) is -0.181. The Morgan fingerprint density at radius 2 is 1.90 bits per heavy atom. The Bertz CT molecular complexity index is 564. The summed E-state index contributed by atoms with van der Waals surface area (Å²) in [4.78, 5) is 22.3. The maximum absolute atomic E-state index is 11.3. The SMILES string of the molecule is C=C(c1ccc(C)cc1)[C@@H]1CN[C@@H](C(=O)O)[C@@H]1CC(=O)O. The van der Waals surface area contributed by atoms with E-state index < -0.39 is 23.9 Å². The van der Waals surface area contributed by atoms with Crippen LogP contribution >= 0.6 is 0 Å². The lowest BCUT2D eigenvalue weighted by molar-refractivity contribution is -0.142. The quantitative estimate of drug-likeness (QED) is 0.769. The zero-order valence-corrected chi connectivity index (χ0v) is 11.9. The van der Waals surface area contributed by atoms with E-state index in [1.165, 1.54) is 0 Å². The second-order valence-electron chi connectivity index (χ2n) is 5.48. The van der Waals surface area contributed by atoms with E-state index in [4.69, 9.17) is 5.11 Å². The van der Waals surface area contributed by atoms with E-state index in [0.29, 0.717) is 6.54 Å². The molecule has 0 unspecified atom stereocenters. The largest absolute Gasteiger partial charge is 0.481 e. The first-order valence-electron chi connectivity index (χ1n) is 6.84. The maximum Gasteiger partial charge on any atom is 0.321 e. The van der Waals surface area contributed by atoms with Crippen LogP contribution in [0.5, 0.6) is 0 Å². The van der Waals surface area contributed by atoms with Crippen LogP contribution in [-0.4, -0.2) is 34.7 Å². The van der Waals surface area contributed by atoms with Gasteiger partial charge in [-0.05, 0) is 18.1 Å². The molecule has 0 radical (unpaired) electrons. The minimum atomic E-state index is -1.01. The molecular formula is C16H19NO4. The molecule has 0 aliphatic carbocycles. The van der Waals surface area contributed by atoms with Crippen molar-refractivity contribution in [2.24, 2.45) is 11.8 Å². The van der Waals surface area contributed by atoms with E-state index in [9.17, 15) is 14.7 Å². The molecular weight excluding hydrogens is 270 g/mol. The third-order valence-electron chi connectivity index (χ3n) is 4.05. The van der Waals surface area contributed by atoms with Crippen molar-refractivity contribution in [1.29, 1.82) is 0 Å². The summed E-state index contributed by atoms with van der Waals surface area (Å²) in [5.74, 6) is -2.68. The molecule has 1 saturated heterocycles. The van der Waals surface area contributed by atoms with Crippen LogP contribution in [0.4, 0.5) is 0 Å². The van der Waals surface area contributed by atoms with Gasteiger partial charge in [0.1, 0.15) is 6.04 Å². The number of nitrogens with one attached hydrogen (secondary N) is 1. The predicted octanol–water partition coefficient (Wildman–Crippen LogP) is 1.77. The maximum atomic E-state index is 11.3. The minimum Gasteiger partial charge on any atom is -0.481 e. The van der Waals surface area contributed by atoms with Crippen molar-refractivity contribution in [2.75, 3.05) is 6.54 Å². The van der Waals surface area contributed by atoms with Gasteiger partial charge in [0.05, 0.1) is 6.42 Å². The van der Waals surface area contributed by atoms with Gasteiger partial charge in [-0.15, -0.1) is 0 Å². The van der Waals surface area contributed by atoms with Crippen LogP contribution in [0.3, 0.4) is 0 Å². The molecule has 1 heterocycles. The van der Waals surface area contributed by atoms with Crippen molar-refractivity contribution in [1.82, 2.24) is 5.32 Å². The van der Waals surface area contributed by atoms with Gasteiger partial charge in [0.25, 0.3) is 0 Å². The Morgan fingerprint density at radius 1 is 1.29 bits per heavy atom. The van der Waals surface area contributed by atoms with E-state index in [1.807, 2.05) is 31.2 Å². The summed E-state index contributed by atoms with van der Waals surface area (Å²) in [7, 11) is 0. The molecule has 1 aliphatic heterocycles. The Morgan fingerprint density at radius 3 is 2.43 bits per heavy atom. The molecule has 0 aromatic heterocycles. The zero-order valence-electron chi connectivity index (χ0n) is 11.9. The van der Waals surface area contributed by atoms with Crippen LogP contribution in [-0.2, 0) is 9.59 Å². The molecule has 1 fully saturated rings. The summed E-state index contributed by atoms with van der Waals surface area (Å²) < 4.78 is 0. The smallest absolute Gasteiger partial charge is 0.321 e. The molecule has 0 saturated carbocycles. The summed E-state index contributed by atoms with van der Waals surface area (Å²) in [5, 5.41) is 21.1. The minimum absolute atomic E-state index is 0.181. The number of aryl methyl sites for hydroxylation is 1. The number of carboxylic acids is 2. The van der Waals surface area contributed by atoms with E-state index in [-0.39, 0.29) is 12.3 Å². The molecule has 1 aromatic carbocycles. The predicted molar refractivity (Wildman–Crippen MR) is 78.9 cm³/mol. The van der Waals surface area contributed by atoms with Gasteiger partial charge in [-0.25, -0.2) is 0 Å². The monoisotopic (exact) mass is 289 g/mol. The number of hydrogen-bond donors (Lipinski definition) is 3. The van der Waals surface area contributed by atoms with Crippen molar-refractivity contribution >= 4 is 17.5 Å². The molecule has 3 N–H and O–H groups in total. The van der Waals surface area contributed by atoms with Gasteiger partial charge in [0.2, 0.25) is 0 Å². The van der Waals surface area contributed by atoms with Crippen LogP contribution in [0.15, 0.2) is 30.8 Å². The lowest BCUT2D eigenvalue weighted by Gasteiger charge is -2.22. The molecule has 0 spiro atoms. The normalized spacial score (nSPS) is 24.7. The number of carbonyl (C=O) groups is 2. The van der Waals surface area contributed by atoms with Gasteiger partial charge in [0.15, 0.2) is 0 Å². The van der Waals surface area contributed by atoms with Crippen LogP contribution in [0, 0.1) is 18.8 Å². The number of benzene rings is 1. The highest BCUT2D eigenvalue weighted by Gasteiger charge is 2.42. The molecule has 5 heteroatoms. The average molecular weight is 289 g/mol. The molecule has 3 atom stereocenters. The molecule has 2 rings (SSSR count). The third-order valence-corrected chi connectivity index (χ3v) is 4.05. The van der Waals surface area contributed by atoms with Crippen LogP contribution in [0.2, 0.25) is 0 Å². The topological polar surface area (TPSA) is 86.6 Å². The number of hydrogen-bond acceptors (Lipinski definition) is 3. The Labute approximate surface area is 123 Å². The fraction of sp³-hybridized carbons (Fsp3) is 0.375. The molecule has 5 nitrogen and oxygen atoms in total. The summed E-state index contributed by atoms with van der Waals surface area (Å²) in [6, 6.07) is 6.95. The van der Waals surface area contributed by atoms with Crippen molar-refractivity contribution in [3.63, 3.8) is 0 Å². The second kappa shape index (κ2) is 6.10. The summed E-state index contributed by atoms with van der Waals surface area (Å²) in [6.45, 7) is 6.48. The van der Waals surface area contributed by atoms with Crippen molar-refractivity contribution in [3.05, 3.63) is 42.0 Å². The first kappa shape index (κ1) is 15.3. The standard InChI is InChI=1S/C16H19NO4/c1-9-3-5-11(6-4-9)10(2)13-8-17-15(16(20)21)12(13)7-14(18)19/h3-6,12-13,15,17H,2,7-8H2,1H3,(H,18,19)(H,20,21)/t12-,13+,15-/m1/s1. The number of aliphatic carboxylic acids is 2. The highest BCUT2D eigenvalue weighted by atomic mass is 16.4. The van der Waals surface area contributed by atoms with E-state index >= 15 is 0 Å². The van der Waals surface area contributed by atoms with Gasteiger partial charge in [-0.2, -0.15) is 0 Å². The van der Waals surface area contributed by atoms with Crippen LogP contribution in [0.25, 0.3) is 5.57 Å². The van der Waals surface area contributed by atoms with E-state index in [0.717, 1.165) is 16.7 Å². The van der Waals surface area contributed by atoms with Crippen molar-refractivity contribution in [3.8, 4) is 0 Å². The molecule has 112 valence electrons. The zero-order chi connectivity index (χ0) is 15.6. The second-order valence-corrected chi connectivity index (χ2v) is 5.48. The van der Waals surface area contributed by atoms with Gasteiger partial charge in [-0.1, -0.05) is 36.4 Å².